The molecule has 1 aromatic rings. The molecule has 0 amide bonds. The van der Waals surface area contributed by atoms with E-state index in [4.69, 9.17) is 4.74 Å². The van der Waals surface area contributed by atoms with Crippen LogP contribution in [-0.2, 0) is 11.3 Å². The van der Waals surface area contributed by atoms with Crippen molar-refractivity contribution >= 4 is 11.6 Å². The number of rotatable bonds is 10. The molecular formula is C14H26N4O2. The highest BCUT2D eigenvalue weighted by Crippen LogP contribution is 2.12. The van der Waals surface area contributed by atoms with Crippen molar-refractivity contribution in [2.75, 3.05) is 30.3 Å². The predicted octanol–water partition coefficient (Wildman–Crippen LogP) is 2.02. The fraction of sp³-hybridized carbons (Fsp3) is 0.714. The van der Waals surface area contributed by atoms with Crippen LogP contribution in [0.3, 0.4) is 0 Å². The van der Waals surface area contributed by atoms with Crippen LogP contribution in [0.15, 0.2) is 6.07 Å². The molecule has 1 atom stereocenters. The maximum atomic E-state index is 9.54. The standard InChI is InChI=1S/C14H26N4O2/c1-4-11(19)7-8-16-13-9-12(15-5-2)17-14(18-13)10-20-6-3/h9,11,19H,4-8,10H2,1-3H3,(H2,15,16,17,18). The number of aliphatic hydroxyl groups is 1. The van der Waals surface area contributed by atoms with E-state index in [1.54, 1.807) is 0 Å². The van der Waals surface area contributed by atoms with Crippen molar-refractivity contribution in [3.8, 4) is 0 Å². The Bertz CT molecular complexity index is 387. The molecule has 1 unspecified atom stereocenters. The van der Waals surface area contributed by atoms with Crippen molar-refractivity contribution in [2.24, 2.45) is 0 Å². The fourth-order valence-corrected chi connectivity index (χ4v) is 1.69. The number of nitrogens with one attached hydrogen (secondary N) is 2. The third-order valence-corrected chi connectivity index (χ3v) is 2.82. The SMILES string of the molecule is CCNc1cc(NCCC(O)CC)nc(COCC)n1. The molecule has 0 saturated carbocycles. The summed E-state index contributed by atoms with van der Waals surface area (Å²) in [5.41, 5.74) is 0. The fourth-order valence-electron chi connectivity index (χ4n) is 1.69. The third-order valence-electron chi connectivity index (χ3n) is 2.82. The molecule has 0 aliphatic heterocycles. The molecule has 0 aliphatic carbocycles. The zero-order chi connectivity index (χ0) is 14.8. The van der Waals surface area contributed by atoms with E-state index in [1.165, 1.54) is 0 Å². The Labute approximate surface area is 121 Å². The highest BCUT2D eigenvalue weighted by atomic mass is 16.5. The van der Waals surface area contributed by atoms with Gasteiger partial charge in [0.25, 0.3) is 0 Å². The second-order valence-electron chi connectivity index (χ2n) is 4.50. The van der Waals surface area contributed by atoms with Gasteiger partial charge in [0.05, 0.1) is 6.10 Å². The van der Waals surface area contributed by atoms with Gasteiger partial charge in [-0.3, -0.25) is 0 Å². The number of hydrogen-bond acceptors (Lipinski definition) is 6. The average molecular weight is 282 g/mol. The lowest BCUT2D eigenvalue weighted by atomic mass is 10.2. The van der Waals surface area contributed by atoms with Crippen LogP contribution in [0.2, 0.25) is 0 Å². The van der Waals surface area contributed by atoms with E-state index in [0.717, 1.165) is 24.6 Å². The third kappa shape index (κ3) is 6.16. The molecule has 0 fully saturated rings. The Balaban J connectivity index is 2.64. The van der Waals surface area contributed by atoms with Crippen molar-refractivity contribution in [2.45, 2.75) is 46.3 Å². The Morgan fingerprint density at radius 3 is 2.50 bits per heavy atom. The minimum Gasteiger partial charge on any atom is -0.393 e. The molecule has 0 aromatic carbocycles. The van der Waals surface area contributed by atoms with E-state index in [0.29, 0.717) is 32.0 Å². The van der Waals surface area contributed by atoms with Crippen LogP contribution in [-0.4, -0.2) is 40.9 Å². The lowest BCUT2D eigenvalue weighted by molar-refractivity contribution is 0.128. The minimum absolute atomic E-state index is 0.263. The highest BCUT2D eigenvalue weighted by molar-refractivity contribution is 5.47. The molecule has 1 aromatic heterocycles. The van der Waals surface area contributed by atoms with Crippen LogP contribution in [0.25, 0.3) is 0 Å². The molecule has 0 radical (unpaired) electrons. The summed E-state index contributed by atoms with van der Waals surface area (Å²) in [5.74, 6) is 2.20. The van der Waals surface area contributed by atoms with Crippen molar-refractivity contribution < 1.29 is 9.84 Å². The van der Waals surface area contributed by atoms with Crippen molar-refractivity contribution in [1.29, 1.82) is 0 Å². The molecule has 3 N–H and O–H groups in total. The van der Waals surface area contributed by atoms with Gasteiger partial charge >= 0.3 is 0 Å². The molecule has 6 heteroatoms. The zero-order valence-corrected chi connectivity index (χ0v) is 12.6. The first-order chi connectivity index (χ1) is 9.69. The number of aliphatic hydroxyl groups excluding tert-OH is 1. The second-order valence-corrected chi connectivity index (χ2v) is 4.50. The summed E-state index contributed by atoms with van der Waals surface area (Å²) in [5, 5.41) is 15.9. The van der Waals surface area contributed by atoms with Gasteiger partial charge in [0.15, 0.2) is 5.82 Å². The van der Waals surface area contributed by atoms with E-state index in [-0.39, 0.29) is 6.10 Å². The average Bonchev–Trinajstić information content (AvgIpc) is 2.45. The molecule has 0 spiro atoms. The number of anilines is 2. The van der Waals surface area contributed by atoms with Crippen molar-refractivity contribution in [3.63, 3.8) is 0 Å². The molecular weight excluding hydrogens is 256 g/mol. The molecule has 6 nitrogen and oxygen atoms in total. The van der Waals surface area contributed by atoms with E-state index in [1.807, 2.05) is 26.8 Å². The summed E-state index contributed by atoms with van der Waals surface area (Å²) in [4.78, 5) is 8.79. The highest BCUT2D eigenvalue weighted by Gasteiger charge is 2.05. The first-order valence-electron chi connectivity index (χ1n) is 7.31. The molecule has 0 aliphatic rings. The maximum Gasteiger partial charge on any atom is 0.158 e. The number of ether oxygens (including phenoxy) is 1. The van der Waals surface area contributed by atoms with Crippen LogP contribution in [0.5, 0.6) is 0 Å². The lowest BCUT2D eigenvalue weighted by Crippen LogP contribution is -2.14. The summed E-state index contributed by atoms with van der Waals surface area (Å²) >= 11 is 0. The molecule has 1 rings (SSSR count). The van der Waals surface area contributed by atoms with Gasteiger partial charge in [0.1, 0.15) is 18.2 Å². The van der Waals surface area contributed by atoms with E-state index >= 15 is 0 Å². The van der Waals surface area contributed by atoms with E-state index in [9.17, 15) is 5.11 Å². The van der Waals surface area contributed by atoms with Crippen molar-refractivity contribution in [1.82, 2.24) is 9.97 Å². The topological polar surface area (TPSA) is 79.3 Å². The smallest absolute Gasteiger partial charge is 0.158 e. The Morgan fingerprint density at radius 2 is 1.90 bits per heavy atom. The van der Waals surface area contributed by atoms with Crippen LogP contribution >= 0.6 is 0 Å². The zero-order valence-electron chi connectivity index (χ0n) is 12.6. The molecule has 0 saturated heterocycles. The van der Waals surface area contributed by atoms with Crippen molar-refractivity contribution in [3.05, 3.63) is 11.9 Å². The van der Waals surface area contributed by atoms with Crippen LogP contribution in [0.1, 0.15) is 39.4 Å². The Hall–Kier alpha value is -1.40. The first kappa shape index (κ1) is 16.7. The maximum absolute atomic E-state index is 9.54. The molecule has 20 heavy (non-hydrogen) atoms. The van der Waals surface area contributed by atoms with Gasteiger partial charge in [-0.05, 0) is 26.7 Å². The Morgan fingerprint density at radius 1 is 1.20 bits per heavy atom. The second kappa shape index (κ2) is 9.50. The number of hydrogen-bond donors (Lipinski definition) is 3. The van der Waals surface area contributed by atoms with Gasteiger partial charge in [0.2, 0.25) is 0 Å². The van der Waals surface area contributed by atoms with Gasteiger partial charge in [-0.1, -0.05) is 6.92 Å². The summed E-state index contributed by atoms with van der Waals surface area (Å²) in [6.45, 7) is 8.47. The predicted molar refractivity (Wildman–Crippen MR) is 80.9 cm³/mol. The quantitative estimate of drug-likeness (QED) is 0.609. The normalized spacial score (nSPS) is 12.2. The molecule has 0 bridgehead atoms. The van der Waals surface area contributed by atoms with Crippen LogP contribution in [0.4, 0.5) is 11.6 Å². The molecule has 114 valence electrons. The van der Waals surface area contributed by atoms with E-state index in [2.05, 4.69) is 20.6 Å². The van der Waals surface area contributed by atoms with Crippen LogP contribution < -0.4 is 10.6 Å². The lowest BCUT2D eigenvalue weighted by Gasteiger charge is -2.12. The minimum atomic E-state index is -0.263. The first-order valence-corrected chi connectivity index (χ1v) is 7.31. The largest absolute Gasteiger partial charge is 0.393 e. The summed E-state index contributed by atoms with van der Waals surface area (Å²) in [7, 11) is 0. The van der Waals surface area contributed by atoms with Gasteiger partial charge in [0, 0.05) is 25.8 Å². The molecule has 1 heterocycles. The Kier molecular flexibility index (Phi) is 7.91. The summed E-state index contributed by atoms with van der Waals surface area (Å²) < 4.78 is 5.35. The summed E-state index contributed by atoms with van der Waals surface area (Å²) in [6, 6.07) is 1.87. The van der Waals surface area contributed by atoms with Gasteiger partial charge in [-0.25, -0.2) is 9.97 Å². The van der Waals surface area contributed by atoms with Gasteiger partial charge < -0.3 is 20.5 Å². The van der Waals surface area contributed by atoms with Gasteiger partial charge in [-0.15, -0.1) is 0 Å². The van der Waals surface area contributed by atoms with Gasteiger partial charge in [-0.2, -0.15) is 0 Å². The summed E-state index contributed by atoms with van der Waals surface area (Å²) in [6.07, 6.45) is 1.21. The van der Waals surface area contributed by atoms with E-state index < -0.39 is 0 Å². The number of nitrogens with zero attached hydrogens (tertiary/aromatic N) is 2. The number of aromatic nitrogens is 2. The monoisotopic (exact) mass is 282 g/mol. The van der Waals surface area contributed by atoms with Crippen LogP contribution in [0, 0.1) is 0 Å².